The van der Waals surface area contributed by atoms with E-state index in [0.717, 1.165) is 16.9 Å². The van der Waals surface area contributed by atoms with Gasteiger partial charge in [0.15, 0.2) is 0 Å². The van der Waals surface area contributed by atoms with Gasteiger partial charge in [-0.3, -0.25) is 14.6 Å². The topological polar surface area (TPSA) is 74.3 Å². The van der Waals surface area contributed by atoms with Crippen molar-refractivity contribution >= 4 is 23.2 Å². The van der Waals surface area contributed by atoms with Crippen LogP contribution in [0.2, 0.25) is 0 Å². The number of aromatic nitrogens is 1. The fourth-order valence-electron chi connectivity index (χ4n) is 4.15. The summed E-state index contributed by atoms with van der Waals surface area (Å²) in [5.41, 5.74) is 3.17. The van der Waals surface area contributed by atoms with Gasteiger partial charge in [-0.2, -0.15) is 0 Å². The van der Waals surface area contributed by atoms with Gasteiger partial charge in [0.1, 0.15) is 0 Å². The van der Waals surface area contributed by atoms with Crippen molar-refractivity contribution in [2.75, 3.05) is 18.4 Å². The first-order valence-electron chi connectivity index (χ1n) is 10.5. The summed E-state index contributed by atoms with van der Waals surface area (Å²) >= 11 is 0. The third kappa shape index (κ3) is 4.74. The summed E-state index contributed by atoms with van der Waals surface area (Å²) in [7, 11) is 0. The molecule has 0 radical (unpaired) electrons. The number of carbonyl (C=O) groups is 2. The lowest BCUT2D eigenvalue weighted by atomic mass is 9.80. The molecule has 1 saturated heterocycles. The molecule has 0 bridgehead atoms. The minimum Gasteiger partial charge on any atom is -0.355 e. The van der Waals surface area contributed by atoms with Gasteiger partial charge < -0.3 is 15.5 Å². The van der Waals surface area contributed by atoms with Crippen LogP contribution in [0.1, 0.15) is 35.7 Å². The number of benzene rings is 2. The van der Waals surface area contributed by atoms with Crippen molar-refractivity contribution in [2.45, 2.75) is 25.3 Å². The van der Waals surface area contributed by atoms with E-state index in [1.165, 1.54) is 0 Å². The zero-order valence-electron chi connectivity index (χ0n) is 17.5. The number of piperidine rings is 1. The van der Waals surface area contributed by atoms with E-state index in [2.05, 4.69) is 15.6 Å². The van der Waals surface area contributed by atoms with Crippen molar-refractivity contribution in [3.05, 3.63) is 90.3 Å². The summed E-state index contributed by atoms with van der Waals surface area (Å²) in [6.45, 7) is 2.72. The lowest BCUT2D eigenvalue weighted by molar-refractivity contribution is -0.121. The first-order chi connectivity index (χ1) is 15.1. The second-order valence-corrected chi connectivity index (χ2v) is 7.86. The van der Waals surface area contributed by atoms with Crippen molar-refractivity contribution in [3.63, 3.8) is 0 Å². The smallest absolute Gasteiger partial charge is 0.253 e. The van der Waals surface area contributed by atoms with Crippen LogP contribution in [0.25, 0.3) is 0 Å². The fourth-order valence-corrected chi connectivity index (χ4v) is 4.15. The molecule has 158 valence electrons. The number of hydrogen-bond acceptors (Lipinski definition) is 4. The molecule has 3 aromatic rings. The number of hydrogen-bond donors (Lipinski definition) is 2. The normalized spacial score (nSPS) is 15.2. The van der Waals surface area contributed by atoms with Gasteiger partial charge in [0, 0.05) is 49.3 Å². The molecule has 0 saturated carbocycles. The summed E-state index contributed by atoms with van der Waals surface area (Å²) in [6, 6.07) is 21.3. The van der Waals surface area contributed by atoms with Crippen LogP contribution in [0.3, 0.4) is 0 Å². The molecule has 0 aliphatic carbocycles. The predicted molar refractivity (Wildman–Crippen MR) is 121 cm³/mol. The zero-order valence-corrected chi connectivity index (χ0v) is 17.5. The molecule has 2 N–H and O–H groups in total. The SMILES string of the molecule is CC(=O)NC1(c2ccccc2)CCN(C(=O)c2ccc(Nc3ccncc3)cc2)CC1. The second kappa shape index (κ2) is 9.00. The van der Waals surface area contributed by atoms with Crippen LogP contribution in [-0.2, 0) is 10.3 Å². The molecule has 2 heterocycles. The molecular formula is C25H26N4O2. The number of likely N-dealkylation sites (tertiary alicyclic amines) is 1. The van der Waals surface area contributed by atoms with Crippen LogP contribution in [0.4, 0.5) is 11.4 Å². The van der Waals surface area contributed by atoms with Crippen LogP contribution < -0.4 is 10.6 Å². The van der Waals surface area contributed by atoms with E-state index >= 15 is 0 Å². The third-order valence-electron chi connectivity index (χ3n) is 5.75. The van der Waals surface area contributed by atoms with Crippen molar-refractivity contribution in [3.8, 4) is 0 Å². The summed E-state index contributed by atoms with van der Waals surface area (Å²) in [5.74, 6) is -0.0409. The highest BCUT2D eigenvalue weighted by molar-refractivity contribution is 5.94. The molecule has 0 spiro atoms. The highest BCUT2D eigenvalue weighted by atomic mass is 16.2. The number of rotatable bonds is 5. The summed E-state index contributed by atoms with van der Waals surface area (Å²) in [4.78, 5) is 30.8. The zero-order chi connectivity index (χ0) is 21.7. The van der Waals surface area contributed by atoms with Crippen LogP contribution in [0.5, 0.6) is 0 Å². The standard InChI is InChI=1S/C25H26N4O2/c1-19(30)28-25(21-5-3-2-4-6-21)13-17-29(18-14-25)24(31)20-7-9-22(10-8-20)27-23-11-15-26-16-12-23/h2-12,15-16H,13-14,17-18H2,1H3,(H,26,27)(H,28,30). The van der Waals surface area contributed by atoms with Gasteiger partial charge >= 0.3 is 0 Å². The van der Waals surface area contributed by atoms with Gasteiger partial charge in [-0.1, -0.05) is 30.3 Å². The fraction of sp³-hybridized carbons (Fsp3) is 0.240. The van der Waals surface area contributed by atoms with Gasteiger partial charge in [0.2, 0.25) is 5.91 Å². The molecule has 1 aliphatic heterocycles. The molecule has 0 unspecified atom stereocenters. The highest BCUT2D eigenvalue weighted by Gasteiger charge is 2.38. The Kier molecular flexibility index (Phi) is 5.98. The number of nitrogens with zero attached hydrogens (tertiary/aromatic N) is 2. The maximum absolute atomic E-state index is 13.0. The third-order valence-corrected chi connectivity index (χ3v) is 5.75. The molecule has 6 nitrogen and oxygen atoms in total. The second-order valence-electron chi connectivity index (χ2n) is 7.86. The van der Waals surface area contributed by atoms with Crippen molar-refractivity contribution in [1.82, 2.24) is 15.2 Å². The Labute approximate surface area is 182 Å². The number of pyridine rings is 1. The van der Waals surface area contributed by atoms with E-state index in [-0.39, 0.29) is 11.8 Å². The molecule has 1 aromatic heterocycles. The van der Waals surface area contributed by atoms with Crippen molar-refractivity contribution in [1.29, 1.82) is 0 Å². The minimum absolute atomic E-state index is 0.0138. The van der Waals surface area contributed by atoms with Crippen LogP contribution in [-0.4, -0.2) is 34.8 Å². The van der Waals surface area contributed by atoms with E-state index in [1.807, 2.05) is 71.6 Å². The quantitative estimate of drug-likeness (QED) is 0.659. The Bertz CT molecular complexity index is 1030. The Hall–Kier alpha value is -3.67. The Balaban J connectivity index is 1.43. The number of anilines is 2. The lowest BCUT2D eigenvalue weighted by Gasteiger charge is -2.42. The first kappa shape index (κ1) is 20.6. The van der Waals surface area contributed by atoms with Crippen LogP contribution >= 0.6 is 0 Å². The molecule has 6 heteroatoms. The van der Waals surface area contributed by atoms with Gasteiger partial charge in [-0.05, 0) is 54.8 Å². The van der Waals surface area contributed by atoms with E-state index < -0.39 is 5.54 Å². The minimum atomic E-state index is -0.428. The average molecular weight is 415 g/mol. The van der Waals surface area contributed by atoms with Crippen molar-refractivity contribution < 1.29 is 9.59 Å². The van der Waals surface area contributed by atoms with Crippen LogP contribution in [0, 0.1) is 0 Å². The van der Waals surface area contributed by atoms with Gasteiger partial charge in [-0.15, -0.1) is 0 Å². The Morgan fingerprint density at radius 2 is 1.48 bits per heavy atom. The molecular weight excluding hydrogens is 388 g/mol. The Morgan fingerprint density at radius 3 is 2.10 bits per heavy atom. The van der Waals surface area contributed by atoms with Gasteiger partial charge in [-0.25, -0.2) is 0 Å². The van der Waals surface area contributed by atoms with E-state index in [0.29, 0.717) is 31.5 Å². The molecule has 1 fully saturated rings. The van der Waals surface area contributed by atoms with E-state index in [9.17, 15) is 9.59 Å². The molecule has 0 atom stereocenters. The number of nitrogens with one attached hydrogen (secondary N) is 2. The Morgan fingerprint density at radius 1 is 0.871 bits per heavy atom. The monoisotopic (exact) mass is 414 g/mol. The van der Waals surface area contributed by atoms with E-state index in [1.54, 1.807) is 19.3 Å². The number of carbonyl (C=O) groups excluding carboxylic acids is 2. The van der Waals surface area contributed by atoms with E-state index in [4.69, 9.17) is 0 Å². The molecule has 2 aromatic carbocycles. The molecule has 4 rings (SSSR count). The predicted octanol–water partition coefficient (Wildman–Crippen LogP) is 4.09. The summed E-state index contributed by atoms with van der Waals surface area (Å²) in [6.07, 6.45) is 4.83. The maximum Gasteiger partial charge on any atom is 0.253 e. The van der Waals surface area contributed by atoms with Crippen molar-refractivity contribution in [2.24, 2.45) is 0 Å². The molecule has 31 heavy (non-hydrogen) atoms. The lowest BCUT2D eigenvalue weighted by Crippen LogP contribution is -2.53. The first-order valence-corrected chi connectivity index (χ1v) is 10.5. The average Bonchev–Trinajstić information content (AvgIpc) is 2.80. The van der Waals surface area contributed by atoms with Gasteiger partial charge in [0.25, 0.3) is 5.91 Å². The maximum atomic E-state index is 13.0. The highest BCUT2D eigenvalue weighted by Crippen LogP contribution is 2.33. The number of amides is 2. The van der Waals surface area contributed by atoms with Gasteiger partial charge in [0.05, 0.1) is 5.54 Å². The molecule has 2 amide bonds. The largest absolute Gasteiger partial charge is 0.355 e. The summed E-state index contributed by atoms with van der Waals surface area (Å²) in [5, 5.41) is 6.44. The molecule has 1 aliphatic rings. The summed E-state index contributed by atoms with van der Waals surface area (Å²) < 4.78 is 0. The van der Waals surface area contributed by atoms with Crippen LogP contribution in [0.15, 0.2) is 79.1 Å².